The van der Waals surface area contributed by atoms with Gasteiger partial charge in [-0.05, 0) is 25.7 Å². The predicted molar refractivity (Wildman–Crippen MR) is 55.5 cm³/mol. The zero-order valence-corrected chi connectivity index (χ0v) is 8.97. The second-order valence-electron chi connectivity index (χ2n) is 4.44. The van der Waals surface area contributed by atoms with Crippen LogP contribution in [-0.2, 0) is 4.79 Å². The van der Waals surface area contributed by atoms with Gasteiger partial charge in [0.15, 0.2) is 0 Å². The number of hydrogen-bond acceptors (Lipinski definition) is 2. The molecular formula is C12H17NO. The molecule has 14 heavy (non-hydrogen) atoms. The SMILES string of the molecule is C=C(C)C1CCC(=O)C1(C)CCC#N. The number of nitriles is 1. The van der Waals surface area contributed by atoms with E-state index in [-0.39, 0.29) is 11.3 Å². The summed E-state index contributed by atoms with van der Waals surface area (Å²) in [5, 5.41) is 8.57. The average molecular weight is 191 g/mol. The summed E-state index contributed by atoms with van der Waals surface area (Å²) >= 11 is 0. The van der Waals surface area contributed by atoms with Crippen LogP contribution in [0.3, 0.4) is 0 Å². The van der Waals surface area contributed by atoms with Crippen LogP contribution in [0.2, 0.25) is 0 Å². The molecule has 2 heteroatoms. The fourth-order valence-electron chi connectivity index (χ4n) is 2.49. The van der Waals surface area contributed by atoms with Crippen LogP contribution in [0.1, 0.15) is 39.5 Å². The van der Waals surface area contributed by atoms with Gasteiger partial charge in [0.05, 0.1) is 6.07 Å². The zero-order valence-electron chi connectivity index (χ0n) is 8.97. The molecule has 0 aromatic rings. The molecule has 2 unspecified atom stereocenters. The van der Waals surface area contributed by atoms with E-state index >= 15 is 0 Å². The van der Waals surface area contributed by atoms with Gasteiger partial charge in [-0.3, -0.25) is 4.79 Å². The molecule has 0 N–H and O–H groups in total. The zero-order chi connectivity index (χ0) is 10.8. The maximum atomic E-state index is 11.8. The minimum atomic E-state index is -0.318. The molecular weight excluding hydrogens is 174 g/mol. The van der Waals surface area contributed by atoms with Crippen molar-refractivity contribution in [1.29, 1.82) is 5.26 Å². The maximum Gasteiger partial charge on any atom is 0.139 e. The number of rotatable bonds is 3. The Kier molecular flexibility index (Phi) is 3.10. The molecule has 0 heterocycles. The molecule has 0 saturated heterocycles. The number of allylic oxidation sites excluding steroid dienone is 1. The first-order valence-electron chi connectivity index (χ1n) is 5.08. The van der Waals surface area contributed by atoms with Crippen molar-refractivity contribution in [3.05, 3.63) is 12.2 Å². The van der Waals surface area contributed by atoms with E-state index in [1.165, 1.54) is 0 Å². The minimum Gasteiger partial charge on any atom is -0.299 e. The second-order valence-corrected chi connectivity index (χ2v) is 4.44. The first kappa shape index (κ1) is 11.0. The molecule has 0 spiro atoms. The number of carbonyl (C=O) groups excluding carboxylic acids is 1. The van der Waals surface area contributed by atoms with Gasteiger partial charge in [-0.1, -0.05) is 19.1 Å². The summed E-state index contributed by atoms with van der Waals surface area (Å²) in [5.41, 5.74) is 0.762. The van der Waals surface area contributed by atoms with Crippen LogP contribution in [-0.4, -0.2) is 5.78 Å². The Morgan fingerprint density at radius 3 is 2.93 bits per heavy atom. The predicted octanol–water partition coefficient (Wildman–Crippen LogP) is 2.85. The lowest BCUT2D eigenvalue weighted by molar-refractivity contribution is -0.126. The Morgan fingerprint density at radius 1 is 1.79 bits per heavy atom. The van der Waals surface area contributed by atoms with Crippen molar-refractivity contribution in [2.75, 3.05) is 0 Å². The maximum absolute atomic E-state index is 11.8. The molecule has 1 rings (SSSR count). The number of Topliss-reactive ketones (excluding diaryl/α,β-unsaturated/α-hetero) is 1. The smallest absolute Gasteiger partial charge is 0.139 e. The molecule has 0 bridgehead atoms. The summed E-state index contributed by atoms with van der Waals surface area (Å²) in [4.78, 5) is 11.8. The lowest BCUT2D eigenvalue weighted by Gasteiger charge is -2.29. The van der Waals surface area contributed by atoms with Crippen LogP contribution in [0.5, 0.6) is 0 Å². The van der Waals surface area contributed by atoms with E-state index in [1.807, 2.05) is 13.8 Å². The van der Waals surface area contributed by atoms with Gasteiger partial charge in [-0.15, -0.1) is 0 Å². The van der Waals surface area contributed by atoms with Gasteiger partial charge in [0.25, 0.3) is 0 Å². The summed E-state index contributed by atoms with van der Waals surface area (Å²) in [7, 11) is 0. The van der Waals surface area contributed by atoms with Gasteiger partial charge in [0, 0.05) is 18.3 Å². The molecule has 76 valence electrons. The van der Waals surface area contributed by atoms with E-state index < -0.39 is 0 Å². The quantitative estimate of drug-likeness (QED) is 0.643. The molecule has 1 fully saturated rings. The highest BCUT2D eigenvalue weighted by Crippen LogP contribution is 2.46. The Morgan fingerprint density at radius 2 is 2.43 bits per heavy atom. The lowest BCUT2D eigenvalue weighted by atomic mass is 9.73. The van der Waals surface area contributed by atoms with Crippen LogP contribution in [0, 0.1) is 22.7 Å². The summed E-state index contributed by atoms with van der Waals surface area (Å²) in [6.07, 6.45) is 2.71. The van der Waals surface area contributed by atoms with Crippen LogP contribution >= 0.6 is 0 Å². The Hall–Kier alpha value is -1.10. The van der Waals surface area contributed by atoms with Crippen molar-refractivity contribution < 1.29 is 4.79 Å². The highest BCUT2D eigenvalue weighted by atomic mass is 16.1. The summed E-state index contributed by atoms with van der Waals surface area (Å²) in [5.74, 6) is 0.587. The number of ketones is 1. The van der Waals surface area contributed by atoms with Crippen LogP contribution < -0.4 is 0 Å². The summed E-state index contributed by atoms with van der Waals surface area (Å²) in [6.45, 7) is 7.91. The van der Waals surface area contributed by atoms with E-state index in [4.69, 9.17) is 5.26 Å². The second kappa shape index (κ2) is 3.96. The summed E-state index contributed by atoms with van der Waals surface area (Å²) in [6, 6.07) is 2.12. The molecule has 0 radical (unpaired) electrons. The van der Waals surface area contributed by atoms with Crippen molar-refractivity contribution >= 4 is 5.78 Å². The van der Waals surface area contributed by atoms with Crippen molar-refractivity contribution in [2.45, 2.75) is 39.5 Å². The molecule has 2 atom stereocenters. The van der Waals surface area contributed by atoms with E-state index in [0.29, 0.717) is 25.0 Å². The minimum absolute atomic E-state index is 0.281. The lowest BCUT2D eigenvalue weighted by Crippen LogP contribution is -2.29. The molecule has 0 amide bonds. The van der Waals surface area contributed by atoms with Crippen molar-refractivity contribution in [2.24, 2.45) is 11.3 Å². The molecule has 1 aliphatic carbocycles. The Balaban J connectivity index is 2.84. The normalized spacial score (nSPS) is 31.5. The monoisotopic (exact) mass is 191 g/mol. The highest BCUT2D eigenvalue weighted by molar-refractivity contribution is 5.87. The van der Waals surface area contributed by atoms with Gasteiger partial charge in [-0.25, -0.2) is 0 Å². The Bertz CT molecular complexity index is 300. The van der Waals surface area contributed by atoms with E-state index in [2.05, 4.69) is 12.6 Å². The van der Waals surface area contributed by atoms with Crippen LogP contribution in [0.15, 0.2) is 12.2 Å². The molecule has 0 aliphatic heterocycles. The highest BCUT2D eigenvalue weighted by Gasteiger charge is 2.45. The molecule has 0 aromatic heterocycles. The van der Waals surface area contributed by atoms with Crippen LogP contribution in [0.25, 0.3) is 0 Å². The van der Waals surface area contributed by atoms with Gasteiger partial charge >= 0.3 is 0 Å². The van der Waals surface area contributed by atoms with Crippen LogP contribution in [0.4, 0.5) is 0 Å². The van der Waals surface area contributed by atoms with E-state index in [9.17, 15) is 4.79 Å². The van der Waals surface area contributed by atoms with Crippen molar-refractivity contribution in [3.8, 4) is 6.07 Å². The fourth-order valence-corrected chi connectivity index (χ4v) is 2.49. The first-order chi connectivity index (χ1) is 6.52. The molecule has 0 aromatic carbocycles. The van der Waals surface area contributed by atoms with E-state index in [1.54, 1.807) is 0 Å². The van der Waals surface area contributed by atoms with Crippen molar-refractivity contribution in [1.82, 2.24) is 0 Å². The van der Waals surface area contributed by atoms with Gasteiger partial charge in [0.1, 0.15) is 5.78 Å². The van der Waals surface area contributed by atoms with Gasteiger partial charge < -0.3 is 0 Å². The standard InChI is InChI=1S/C12H17NO/c1-9(2)10-5-6-11(14)12(10,3)7-4-8-13/h10H,1,4-7H2,2-3H3. The van der Waals surface area contributed by atoms with E-state index in [0.717, 1.165) is 12.0 Å². The molecule has 1 aliphatic rings. The first-order valence-corrected chi connectivity index (χ1v) is 5.08. The third kappa shape index (κ3) is 1.72. The van der Waals surface area contributed by atoms with Crippen molar-refractivity contribution in [3.63, 3.8) is 0 Å². The largest absolute Gasteiger partial charge is 0.299 e. The fraction of sp³-hybridized carbons (Fsp3) is 0.667. The Labute approximate surface area is 85.6 Å². The molecule has 1 saturated carbocycles. The third-order valence-corrected chi connectivity index (χ3v) is 3.42. The van der Waals surface area contributed by atoms with Gasteiger partial charge in [0.2, 0.25) is 0 Å². The topological polar surface area (TPSA) is 40.9 Å². The number of hydrogen-bond donors (Lipinski definition) is 0. The summed E-state index contributed by atoms with van der Waals surface area (Å²) < 4.78 is 0. The number of nitrogens with zero attached hydrogens (tertiary/aromatic N) is 1. The average Bonchev–Trinajstić information content (AvgIpc) is 2.41. The number of carbonyl (C=O) groups is 1. The molecule has 2 nitrogen and oxygen atoms in total. The third-order valence-electron chi connectivity index (χ3n) is 3.42. The van der Waals surface area contributed by atoms with Gasteiger partial charge in [-0.2, -0.15) is 5.26 Å².